The molecule has 0 saturated carbocycles. The highest BCUT2D eigenvalue weighted by molar-refractivity contribution is 5.64. The average molecular weight is 475 g/mol. The smallest absolute Gasteiger partial charge is 0.421 e. The number of nitrogens with zero attached hydrogens (tertiary/aromatic N) is 2. The molecule has 6 nitrogen and oxygen atoms in total. The van der Waals surface area contributed by atoms with Crippen molar-refractivity contribution in [3.8, 4) is 11.5 Å². The molecule has 0 spiro atoms. The van der Waals surface area contributed by atoms with E-state index in [1.54, 1.807) is 48.5 Å². The molecule has 0 radical (unpaired) electrons. The van der Waals surface area contributed by atoms with Gasteiger partial charge in [-0.25, -0.2) is 4.98 Å². The Balaban J connectivity index is 1.82. The number of hydrogen-bond acceptors (Lipinski definition) is 6. The molecule has 34 heavy (non-hydrogen) atoms. The van der Waals surface area contributed by atoms with E-state index in [-0.39, 0.29) is 17.4 Å². The van der Waals surface area contributed by atoms with Crippen LogP contribution in [0, 0.1) is 5.92 Å². The van der Waals surface area contributed by atoms with Gasteiger partial charge in [0.1, 0.15) is 28.5 Å². The van der Waals surface area contributed by atoms with Crippen LogP contribution in [0.2, 0.25) is 0 Å². The van der Waals surface area contributed by atoms with Crippen molar-refractivity contribution < 1.29 is 22.6 Å². The van der Waals surface area contributed by atoms with E-state index in [9.17, 15) is 13.2 Å². The molecule has 3 rings (SSSR count). The summed E-state index contributed by atoms with van der Waals surface area (Å²) in [7, 11) is 0. The highest BCUT2D eigenvalue weighted by Gasteiger charge is 2.35. The van der Waals surface area contributed by atoms with Crippen molar-refractivity contribution in [2.45, 2.75) is 46.4 Å². The number of hydrogen-bond donors (Lipinski definition) is 2. The zero-order valence-corrected chi connectivity index (χ0v) is 19.8. The van der Waals surface area contributed by atoms with Gasteiger partial charge in [-0.3, -0.25) is 0 Å². The summed E-state index contributed by atoms with van der Waals surface area (Å²) in [6.07, 6.45) is -3.87. The fourth-order valence-corrected chi connectivity index (χ4v) is 2.90. The highest BCUT2D eigenvalue weighted by Crippen LogP contribution is 2.36. The van der Waals surface area contributed by atoms with Crippen molar-refractivity contribution in [1.29, 1.82) is 0 Å². The Labute approximate surface area is 197 Å². The first-order valence-electron chi connectivity index (χ1n) is 10.9. The highest BCUT2D eigenvalue weighted by atomic mass is 19.4. The van der Waals surface area contributed by atoms with Crippen LogP contribution >= 0.6 is 0 Å². The molecular formula is C25H29F3N4O2. The molecule has 3 aromatic rings. The van der Waals surface area contributed by atoms with E-state index in [4.69, 9.17) is 9.47 Å². The third-order valence-electron chi connectivity index (χ3n) is 4.31. The van der Waals surface area contributed by atoms with E-state index in [0.717, 1.165) is 6.20 Å². The summed E-state index contributed by atoms with van der Waals surface area (Å²) in [5, 5.41) is 5.69. The molecule has 1 heterocycles. The number of halogens is 3. The average Bonchev–Trinajstić information content (AvgIpc) is 2.72. The van der Waals surface area contributed by atoms with E-state index in [0.29, 0.717) is 35.4 Å². The molecule has 0 bridgehead atoms. The van der Waals surface area contributed by atoms with Crippen LogP contribution in [0.1, 0.15) is 40.2 Å². The summed E-state index contributed by atoms with van der Waals surface area (Å²) >= 11 is 0. The molecule has 1 aromatic heterocycles. The Morgan fingerprint density at radius 1 is 0.912 bits per heavy atom. The number of anilines is 4. The van der Waals surface area contributed by atoms with Crippen LogP contribution in [0.5, 0.6) is 11.5 Å². The predicted molar refractivity (Wildman–Crippen MR) is 127 cm³/mol. The van der Waals surface area contributed by atoms with Crippen molar-refractivity contribution in [2.24, 2.45) is 5.92 Å². The topological polar surface area (TPSA) is 68.3 Å². The summed E-state index contributed by atoms with van der Waals surface area (Å²) in [6.45, 7) is 10.3. The van der Waals surface area contributed by atoms with Crippen molar-refractivity contribution in [3.63, 3.8) is 0 Å². The van der Waals surface area contributed by atoms with Gasteiger partial charge in [-0.15, -0.1) is 0 Å². The largest absolute Gasteiger partial charge is 0.493 e. The number of rotatable bonds is 8. The molecule has 0 aliphatic heterocycles. The fourth-order valence-electron chi connectivity index (χ4n) is 2.90. The van der Waals surface area contributed by atoms with E-state index in [2.05, 4.69) is 20.6 Å². The molecular weight excluding hydrogens is 445 g/mol. The SMILES string of the molecule is CC(C)COc1cccc(Nc2nc(Nc3ccc(OC(C)(C)C)cc3)ncc2C(F)(F)F)c1. The van der Waals surface area contributed by atoms with Gasteiger partial charge in [0, 0.05) is 23.6 Å². The second-order valence-electron chi connectivity index (χ2n) is 9.18. The van der Waals surface area contributed by atoms with Crippen molar-refractivity contribution in [1.82, 2.24) is 9.97 Å². The minimum Gasteiger partial charge on any atom is -0.493 e. The number of alkyl halides is 3. The van der Waals surface area contributed by atoms with Crippen LogP contribution in [-0.4, -0.2) is 22.2 Å². The van der Waals surface area contributed by atoms with Crippen molar-refractivity contribution in [3.05, 3.63) is 60.3 Å². The molecule has 0 atom stereocenters. The number of nitrogens with one attached hydrogen (secondary N) is 2. The molecule has 2 N–H and O–H groups in total. The van der Waals surface area contributed by atoms with Gasteiger partial charge in [0.25, 0.3) is 0 Å². The quantitative estimate of drug-likeness (QED) is 0.360. The Kier molecular flexibility index (Phi) is 7.54. The van der Waals surface area contributed by atoms with Gasteiger partial charge in [0.15, 0.2) is 0 Å². The molecule has 0 fully saturated rings. The van der Waals surface area contributed by atoms with Gasteiger partial charge in [0.2, 0.25) is 5.95 Å². The van der Waals surface area contributed by atoms with E-state index in [1.165, 1.54) is 0 Å². The third kappa shape index (κ3) is 7.54. The first kappa shape index (κ1) is 25.1. The lowest BCUT2D eigenvalue weighted by molar-refractivity contribution is -0.137. The molecule has 2 aromatic carbocycles. The standard InChI is InChI=1S/C25H29F3N4O2/c1-16(2)15-33-20-8-6-7-18(13-20)30-22-21(25(26,27)28)14-29-23(32-22)31-17-9-11-19(12-10-17)34-24(3,4)5/h6-14,16H,15H2,1-5H3,(H2,29,30,31,32). The van der Waals surface area contributed by atoms with Crippen LogP contribution in [0.4, 0.5) is 36.3 Å². The van der Waals surface area contributed by atoms with E-state index < -0.39 is 11.7 Å². The van der Waals surface area contributed by atoms with Gasteiger partial charge in [-0.05, 0) is 63.1 Å². The first-order valence-corrected chi connectivity index (χ1v) is 10.9. The Hall–Kier alpha value is -3.49. The number of ether oxygens (including phenoxy) is 2. The zero-order chi connectivity index (χ0) is 24.9. The van der Waals surface area contributed by atoms with Crippen LogP contribution in [-0.2, 0) is 6.18 Å². The van der Waals surface area contributed by atoms with Crippen molar-refractivity contribution >= 4 is 23.1 Å². The van der Waals surface area contributed by atoms with Crippen LogP contribution in [0.25, 0.3) is 0 Å². The van der Waals surface area contributed by atoms with Gasteiger partial charge in [-0.1, -0.05) is 19.9 Å². The second kappa shape index (κ2) is 10.2. The maximum Gasteiger partial charge on any atom is 0.421 e. The predicted octanol–water partition coefficient (Wildman–Crippen LogP) is 7.19. The second-order valence-corrected chi connectivity index (χ2v) is 9.18. The fraction of sp³-hybridized carbons (Fsp3) is 0.360. The van der Waals surface area contributed by atoms with Gasteiger partial charge in [0.05, 0.1) is 6.61 Å². The molecule has 0 amide bonds. The lowest BCUT2D eigenvalue weighted by Gasteiger charge is -2.21. The van der Waals surface area contributed by atoms with Crippen LogP contribution in [0.15, 0.2) is 54.7 Å². The van der Waals surface area contributed by atoms with Gasteiger partial charge in [-0.2, -0.15) is 18.2 Å². The van der Waals surface area contributed by atoms with Crippen LogP contribution in [0.3, 0.4) is 0 Å². The Morgan fingerprint density at radius 2 is 1.62 bits per heavy atom. The lowest BCUT2D eigenvalue weighted by Crippen LogP contribution is -2.22. The van der Waals surface area contributed by atoms with Gasteiger partial charge < -0.3 is 20.1 Å². The van der Waals surface area contributed by atoms with Crippen LogP contribution < -0.4 is 20.1 Å². The molecule has 0 aliphatic rings. The summed E-state index contributed by atoms with van der Waals surface area (Å²) in [5.74, 6) is 1.20. The Morgan fingerprint density at radius 3 is 2.24 bits per heavy atom. The maximum atomic E-state index is 13.6. The van der Waals surface area contributed by atoms with E-state index in [1.807, 2.05) is 34.6 Å². The number of aromatic nitrogens is 2. The first-order chi connectivity index (χ1) is 15.9. The summed E-state index contributed by atoms with van der Waals surface area (Å²) in [4.78, 5) is 7.94. The molecule has 0 aliphatic carbocycles. The minimum atomic E-state index is -4.63. The lowest BCUT2D eigenvalue weighted by atomic mass is 10.2. The minimum absolute atomic E-state index is 0.0206. The maximum absolute atomic E-state index is 13.6. The zero-order valence-electron chi connectivity index (χ0n) is 19.8. The summed E-state index contributed by atoms with van der Waals surface area (Å²) < 4.78 is 52.2. The number of benzene rings is 2. The van der Waals surface area contributed by atoms with E-state index >= 15 is 0 Å². The summed E-state index contributed by atoms with van der Waals surface area (Å²) in [6, 6.07) is 13.7. The Bertz CT molecular complexity index is 1090. The monoisotopic (exact) mass is 474 g/mol. The van der Waals surface area contributed by atoms with Crippen molar-refractivity contribution in [2.75, 3.05) is 17.2 Å². The molecule has 9 heteroatoms. The van der Waals surface area contributed by atoms with Gasteiger partial charge >= 0.3 is 6.18 Å². The third-order valence-corrected chi connectivity index (χ3v) is 4.31. The molecule has 0 unspecified atom stereocenters. The molecule has 0 saturated heterocycles. The normalized spacial score (nSPS) is 11.9. The summed E-state index contributed by atoms with van der Waals surface area (Å²) in [5.41, 5.74) is -0.292. The molecule has 182 valence electrons.